The number of rotatable bonds is 16. The average Bonchev–Trinajstić information content (AvgIpc) is 2.51. The monoisotopic (exact) mass is 441 g/mol. The summed E-state index contributed by atoms with van der Waals surface area (Å²) in [5.74, 6) is 0. The smallest absolute Gasteiger partial charge is 0.134 e. The minimum atomic E-state index is 0. The Balaban J connectivity index is 0. The lowest BCUT2D eigenvalue weighted by Gasteiger charge is -2.37. The predicted octanol–water partition coefficient (Wildman–Crippen LogP) is 3.90. The molecule has 0 saturated carbocycles. The standard InChI is InChI=1S/C19H41BrN.BrH/c1-4-7-10-13-16-21(19-20,17-14-11-8-5-2)18-15-12-9-6-3;/h4-19H2,1-3H3;1H/q+1;/p-1. The van der Waals surface area contributed by atoms with Crippen LogP contribution in [0.3, 0.4) is 0 Å². The molecular weight excluding hydrogens is 402 g/mol. The van der Waals surface area contributed by atoms with Crippen LogP contribution in [0.25, 0.3) is 0 Å². The number of hydrogen-bond donors (Lipinski definition) is 0. The molecular formula is C19H41Br2N. The van der Waals surface area contributed by atoms with E-state index in [0.717, 1.165) is 5.45 Å². The second-order valence-electron chi connectivity index (χ2n) is 6.81. The first kappa shape index (κ1) is 25.2. The first-order chi connectivity index (χ1) is 10.2. The maximum atomic E-state index is 3.85. The zero-order chi connectivity index (χ0) is 15.8. The van der Waals surface area contributed by atoms with Crippen LogP contribution in [0.2, 0.25) is 0 Å². The third-order valence-corrected chi connectivity index (χ3v) is 5.78. The van der Waals surface area contributed by atoms with Gasteiger partial charge in [0.25, 0.3) is 0 Å². The molecule has 0 aromatic heterocycles. The maximum absolute atomic E-state index is 3.85. The first-order valence-corrected chi connectivity index (χ1v) is 10.8. The van der Waals surface area contributed by atoms with Crippen LogP contribution >= 0.6 is 15.9 Å². The van der Waals surface area contributed by atoms with E-state index >= 15 is 0 Å². The Hall–Kier alpha value is 0.920. The number of hydrogen-bond acceptors (Lipinski definition) is 0. The van der Waals surface area contributed by atoms with Crippen molar-refractivity contribution < 1.29 is 21.5 Å². The van der Waals surface area contributed by atoms with Crippen molar-refractivity contribution in [1.82, 2.24) is 0 Å². The predicted molar refractivity (Wildman–Crippen MR) is 101 cm³/mol. The maximum Gasteiger partial charge on any atom is 0.134 e. The topological polar surface area (TPSA) is 0 Å². The van der Waals surface area contributed by atoms with Gasteiger partial charge in [0.1, 0.15) is 5.45 Å². The number of quaternary nitrogens is 1. The van der Waals surface area contributed by atoms with Crippen molar-refractivity contribution in [2.24, 2.45) is 0 Å². The van der Waals surface area contributed by atoms with Crippen LogP contribution < -0.4 is 17.0 Å². The van der Waals surface area contributed by atoms with Crippen molar-refractivity contribution in [3.05, 3.63) is 0 Å². The fourth-order valence-corrected chi connectivity index (χ4v) is 3.89. The lowest BCUT2D eigenvalue weighted by Crippen LogP contribution is -3.00. The molecule has 0 spiro atoms. The Labute approximate surface area is 160 Å². The molecule has 1 nitrogen and oxygen atoms in total. The molecule has 0 atom stereocenters. The van der Waals surface area contributed by atoms with Crippen LogP contribution in [0.5, 0.6) is 0 Å². The van der Waals surface area contributed by atoms with Crippen molar-refractivity contribution >= 4 is 15.9 Å². The number of halogens is 2. The van der Waals surface area contributed by atoms with E-state index in [1.807, 2.05) is 0 Å². The number of alkyl halides is 1. The minimum Gasteiger partial charge on any atom is -1.00 e. The van der Waals surface area contributed by atoms with Gasteiger partial charge in [0.15, 0.2) is 0 Å². The van der Waals surface area contributed by atoms with Crippen LogP contribution in [0.1, 0.15) is 97.8 Å². The zero-order valence-corrected chi connectivity index (χ0v) is 18.7. The van der Waals surface area contributed by atoms with E-state index in [0.29, 0.717) is 0 Å². The molecule has 0 aromatic carbocycles. The fraction of sp³-hybridized carbons (Fsp3) is 1.00. The molecule has 0 radical (unpaired) electrons. The van der Waals surface area contributed by atoms with Gasteiger partial charge in [-0.1, -0.05) is 59.3 Å². The van der Waals surface area contributed by atoms with E-state index in [4.69, 9.17) is 0 Å². The van der Waals surface area contributed by atoms with Gasteiger partial charge in [-0.3, -0.25) is 0 Å². The van der Waals surface area contributed by atoms with Crippen molar-refractivity contribution in [1.29, 1.82) is 0 Å². The fourth-order valence-electron chi connectivity index (χ4n) is 3.14. The second kappa shape index (κ2) is 18.3. The Morgan fingerprint density at radius 3 is 1.09 bits per heavy atom. The highest BCUT2D eigenvalue weighted by atomic mass is 79.9. The molecule has 0 aliphatic heterocycles. The van der Waals surface area contributed by atoms with Crippen molar-refractivity contribution in [3.63, 3.8) is 0 Å². The molecule has 0 fully saturated rings. The molecule has 0 saturated heterocycles. The lowest BCUT2D eigenvalue weighted by atomic mass is 10.1. The molecule has 0 aromatic rings. The van der Waals surface area contributed by atoms with E-state index in [2.05, 4.69) is 36.7 Å². The summed E-state index contributed by atoms with van der Waals surface area (Å²) in [6, 6.07) is 0. The highest BCUT2D eigenvalue weighted by Crippen LogP contribution is 2.19. The summed E-state index contributed by atoms with van der Waals surface area (Å²) in [5.41, 5.74) is 1.16. The molecule has 0 amide bonds. The highest BCUT2D eigenvalue weighted by molar-refractivity contribution is 9.09. The summed E-state index contributed by atoms with van der Waals surface area (Å²) in [7, 11) is 0. The van der Waals surface area contributed by atoms with Crippen molar-refractivity contribution in [2.45, 2.75) is 97.8 Å². The van der Waals surface area contributed by atoms with E-state index in [-0.39, 0.29) is 17.0 Å². The van der Waals surface area contributed by atoms with Crippen LogP contribution in [-0.4, -0.2) is 29.6 Å². The normalized spacial score (nSPS) is 11.5. The van der Waals surface area contributed by atoms with Crippen LogP contribution in [0.15, 0.2) is 0 Å². The highest BCUT2D eigenvalue weighted by Gasteiger charge is 2.24. The van der Waals surface area contributed by atoms with Crippen molar-refractivity contribution in [2.75, 3.05) is 25.1 Å². The van der Waals surface area contributed by atoms with Gasteiger partial charge in [0, 0.05) is 0 Å². The summed E-state index contributed by atoms with van der Waals surface area (Å²) in [5, 5.41) is 0. The molecule has 0 N–H and O–H groups in total. The van der Waals surface area contributed by atoms with Crippen LogP contribution in [-0.2, 0) is 0 Å². The Bertz CT molecular complexity index is 178. The molecule has 0 aliphatic carbocycles. The lowest BCUT2D eigenvalue weighted by molar-refractivity contribution is -0.916. The van der Waals surface area contributed by atoms with Gasteiger partial charge >= 0.3 is 0 Å². The van der Waals surface area contributed by atoms with E-state index in [1.165, 1.54) is 101 Å². The Morgan fingerprint density at radius 2 is 0.864 bits per heavy atom. The Morgan fingerprint density at radius 1 is 0.545 bits per heavy atom. The van der Waals surface area contributed by atoms with Gasteiger partial charge in [-0.05, 0) is 54.5 Å². The molecule has 136 valence electrons. The molecule has 3 heteroatoms. The second-order valence-corrected chi connectivity index (χ2v) is 7.32. The van der Waals surface area contributed by atoms with Gasteiger partial charge in [0.2, 0.25) is 0 Å². The van der Waals surface area contributed by atoms with Gasteiger partial charge in [-0.25, -0.2) is 0 Å². The minimum absolute atomic E-state index is 0. The van der Waals surface area contributed by atoms with Crippen LogP contribution in [0.4, 0.5) is 0 Å². The molecule has 0 bridgehead atoms. The summed E-state index contributed by atoms with van der Waals surface area (Å²) in [4.78, 5) is 0. The largest absolute Gasteiger partial charge is 1.00 e. The van der Waals surface area contributed by atoms with E-state index in [1.54, 1.807) is 0 Å². The zero-order valence-electron chi connectivity index (χ0n) is 15.5. The van der Waals surface area contributed by atoms with Gasteiger partial charge < -0.3 is 21.5 Å². The molecule has 0 rings (SSSR count). The molecule has 0 aliphatic rings. The van der Waals surface area contributed by atoms with Gasteiger partial charge in [0.05, 0.1) is 19.6 Å². The third-order valence-electron chi connectivity index (χ3n) is 4.71. The summed E-state index contributed by atoms with van der Waals surface area (Å²) >= 11 is 3.85. The molecule has 0 heterocycles. The third kappa shape index (κ3) is 13.4. The van der Waals surface area contributed by atoms with E-state index < -0.39 is 0 Å². The number of nitrogens with zero attached hydrogens (tertiary/aromatic N) is 1. The quantitative estimate of drug-likeness (QED) is 0.147. The van der Waals surface area contributed by atoms with E-state index in [9.17, 15) is 0 Å². The Kier molecular flexibility index (Phi) is 20.9. The summed E-state index contributed by atoms with van der Waals surface area (Å²) in [6.07, 6.45) is 16.8. The molecule has 22 heavy (non-hydrogen) atoms. The van der Waals surface area contributed by atoms with Gasteiger partial charge in [-0.15, -0.1) is 0 Å². The van der Waals surface area contributed by atoms with Crippen LogP contribution in [0, 0.1) is 0 Å². The molecule has 0 unspecified atom stereocenters. The first-order valence-electron chi connectivity index (χ1n) is 9.65. The van der Waals surface area contributed by atoms with Crippen molar-refractivity contribution in [3.8, 4) is 0 Å². The SMILES string of the molecule is CCCCCC[N+](CBr)(CCCCCC)CCCCCC.[Br-]. The summed E-state index contributed by atoms with van der Waals surface area (Å²) in [6.45, 7) is 11.1. The average molecular weight is 443 g/mol. The summed E-state index contributed by atoms with van der Waals surface area (Å²) < 4.78 is 1.33. The van der Waals surface area contributed by atoms with Gasteiger partial charge in [-0.2, -0.15) is 0 Å². The number of unbranched alkanes of at least 4 members (excludes halogenated alkanes) is 9.